The highest BCUT2D eigenvalue weighted by Gasteiger charge is 2.27. The van der Waals surface area contributed by atoms with Crippen LogP contribution in [-0.4, -0.2) is 21.5 Å². The van der Waals surface area contributed by atoms with E-state index >= 15 is 0 Å². The molecule has 6 heteroatoms. The molecule has 126 valence electrons. The van der Waals surface area contributed by atoms with Gasteiger partial charge in [-0.25, -0.2) is 4.98 Å². The zero-order valence-electron chi connectivity index (χ0n) is 13.7. The van der Waals surface area contributed by atoms with E-state index in [4.69, 9.17) is 0 Å². The average Bonchev–Trinajstić information content (AvgIpc) is 3.28. The van der Waals surface area contributed by atoms with Crippen molar-refractivity contribution in [1.82, 2.24) is 14.9 Å². The van der Waals surface area contributed by atoms with E-state index in [1.807, 2.05) is 17.6 Å². The van der Waals surface area contributed by atoms with E-state index < -0.39 is 0 Å². The van der Waals surface area contributed by atoms with Crippen molar-refractivity contribution in [2.24, 2.45) is 5.92 Å². The number of pyridine rings is 1. The van der Waals surface area contributed by atoms with Crippen molar-refractivity contribution >= 4 is 17.2 Å². The van der Waals surface area contributed by atoms with Gasteiger partial charge in [-0.2, -0.15) is 0 Å². The number of aromatic nitrogens is 2. The fourth-order valence-corrected chi connectivity index (χ4v) is 4.03. The Morgan fingerprint density at radius 3 is 2.92 bits per heavy atom. The van der Waals surface area contributed by atoms with Gasteiger partial charge in [0, 0.05) is 29.7 Å². The van der Waals surface area contributed by atoms with Crippen LogP contribution < -0.4 is 10.9 Å². The van der Waals surface area contributed by atoms with Crippen molar-refractivity contribution in [1.29, 1.82) is 0 Å². The largest absolute Gasteiger partial charge is 0.348 e. The van der Waals surface area contributed by atoms with Gasteiger partial charge < -0.3 is 9.88 Å². The molecule has 0 unspecified atom stereocenters. The van der Waals surface area contributed by atoms with E-state index in [0.717, 1.165) is 30.8 Å². The third kappa shape index (κ3) is 3.15. The molecule has 24 heavy (non-hydrogen) atoms. The number of amides is 1. The summed E-state index contributed by atoms with van der Waals surface area (Å²) in [6, 6.07) is 3.72. The lowest BCUT2D eigenvalue weighted by Crippen LogP contribution is -2.40. The maximum Gasteiger partial charge on any atom is 0.270 e. The summed E-state index contributed by atoms with van der Waals surface area (Å²) in [4.78, 5) is 28.7. The molecule has 5 nitrogen and oxygen atoms in total. The molecule has 0 saturated heterocycles. The standard InChI is InChI=1S/C18H21N3O2S/c1-11-19-15(10-24-11)18(23)20-14-5-6-16-13(8-14)4-7-17(22)21(16)9-12-2-3-12/h4,7,10,12,14H,2-3,5-6,8-9H2,1H3,(H,20,23)/t14-/m0/s1. The van der Waals surface area contributed by atoms with Gasteiger partial charge in [-0.3, -0.25) is 9.59 Å². The molecule has 2 aliphatic carbocycles. The van der Waals surface area contributed by atoms with Crippen LogP contribution in [0.2, 0.25) is 0 Å². The normalized spacial score (nSPS) is 19.8. The molecule has 1 saturated carbocycles. The van der Waals surface area contributed by atoms with Gasteiger partial charge in [0.05, 0.1) is 5.01 Å². The zero-order chi connectivity index (χ0) is 16.7. The third-order valence-corrected chi connectivity index (χ3v) is 5.68. The van der Waals surface area contributed by atoms with Gasteiger partial charge in [0.1, 0.15) is 5.69 Å². The van der Waals surface area contributed by atoms with E-state index in [-0.39, 0.29) is 17.5 Å². The third-order valence-electron chi connectivity index (χ3n) is 4.91. The molecule has 1 N–H and O–H groups in total. The average molecular weight is 343 g/mol. The van der Waals surface area contributed by atoms with Gasteiger partial charge in [0.25, 0.3) is 11.5 Å². The second-order valence-electron chi connectivity index (χ2n) is 6.86. The van der Waals surface area contributed by atoms with Gasteiger partial charge in [-0.1, -0.05) is 6.07 Å². The first kappa shape index (κ1) is 15.6. The Balaban J connectivity index is 1.49. The molecule has 0 spiro atoms. The molecular weight excluding hydrogens is 322 g/mol. The molecule has 1 atom stereocenters. The molecule has 0 aliphatic heterocycles. The highest BCUT2D eigenvalue weighted by atomic mass is 32.1. The van der Waals surface area contributed by atoms with Crippen LogP contribution in [-0.2, 0) is 19.4 Å². The number of nitrogens with zero attached hydrogens (tertiary/aromatic N) is 2. The van der Waals surface area contributed by atoms with Crippen molar-refractivity contribution in [3.05, 3.63) is 49.8 Å². The highest BCUT2D eigenvalue weighted by molar-refractivity contribution is 7.09. The second kappa shape index (κ2) is 6.16. The summed E-state index contributed by atoms with van der Waals surface area (Å²) in [5, 5.41) is 5.80. The minimum Gasteiger partial charge on any atom is -0.348 e. The molecule has 2 aromatic heterocycles. The number of thiazole rings is 1. The van der Waals surface area contributed by atoms with Crippen LogP contribution >= 0.6 is 11.3 Å². The Labute approximate surface area is 144 Å². The molecule has 1 fully saturated rings. The van der Waals surface area contributed by atoms with Crippen LogP contribution in [0, 0.1) is 12.8 Å². The summed E-state index contributed by atoms with van der Waals surface area (Å²) in [7, 11) is 0. The van der Waals surface area contributed by atoms with Crippen LogP contribution in [0.25, 0.3) is 0 Å². The summed E-state index contributed by atoms with van der Waals surface area (Å²) < 4.78 is 1.97. The first-order chi connectivity index (χ1) is 11.6. The number of carbonyl (C=O) groups is 1. The SMILES string of the molecule is Cc1nc(C(=O)N[C@H]2CCc3c(ccc(=O)n3CC3CC3)C2)cs1. The summed E-state index contributed by atoms with van der Waals surface area (Å²) in [5.74, 6) is 0.582. The molecule has 0 radical (unpaired) electrons. The Hall–Kier alpha value is -1.95. The van der Waals surface area contributed by atoms with E-state index in [0.29, 0.717) is 11.6 Å². The fourth-order valence-electron chi connectivity index (χ4n) is 3.43. The maximum atomic E-state index is 12.3. The van der Waals surface area contributed by atoms with E-state index in [1.165, 1.54) is 35.4 Å². The molecule has 1 amide bonds. The Morgan fingerprint density at radius 2 is 2.21 bits per heavy atom. The van der Waals surface area contributed by atoms with Crippen LogP contribution in [0.3, 0.4) is 0 Å². The van der Waals surface area contributed by atoms with Crippen molar-refractivity contribution < 1.29 is 4.79 Å². The fraction of sp³-hybridized carbons (Fsp3) is 0.500. The summed E-state index contributed by atoms with van der Waals surface area (Å²) in [6.45, 7) is 2.76. The van der Waals surface area contributed by atoms with E-state index in [1.54, 1.807) is 11.4 Å². The van der Waals surface area contributed by atoms with Crippen molar-refractivity contribution in [3.8, 4) is 0 Å². The molecule has 0 aromatic carbocycles. The van der Waals surface area contributed by atoms with Gasteiger partial charge in [-0.15, -0.1) is 11.3 Å². The quantitative estimate of drug-likeness (QED) is 0.926. The van der Waals surface area contributed by atoms with Crippen LogP contribution in [0.1, 0.15) is 46.0 Å². The molecule has 2 heterocycles. The Morgan fingerprint density at radius 1 is 1.38 bits per heavy atom. The minimum absolute atomic E-state index is 0.0981. The van der Waals surface area contributed by atoms with E-state index in [9.17, 15) is 9.59 Å². The molecule has 0 bridgehead atoms. The lowest BCUT2D eigenvalue weighted by molar-refractivity contribution is 0.0929. The lowest BCUT2D eigenvalue weighted by Gasteiger charge is -2.27. The predicted octanol–water partition coefficient (Wildman–Crippen LogP) is 2.31. The van der Waals surface area contributed by atoms with E-state index in [2.05, 4.69) is 10.3 Å². The summed E-state index contributed by atoms with van der Waals surface area (Å²) >= 11 is 1.49. The van der Waals surface area contributed by atoms with Crippen molar-refractivity contribution in [2.75, 3.05) is 0 Å². The molecular formula is C18H21N3O2S. The minimum atomic E-state index is -0.0981. The maximum absolute atomic E-state index is 12.3. The van der Waals surface area contributed by atoms with Crippen LogP contribution in [0.5, 0.6) is 0 Å². The van der Waals surface area contributed by atoms with Gasteiger partial charge in [0.15, 0.2) is 0 Å². The number of hydrogen-bond acceptors (Lipinski definition) is 4. The topological polar surface area (TPSA) is 64.0 Å². The first-order valence-corrected chi connectivity index (χ1v) is 9.42. The first-order valence-electron chi connectivity index (χ1n) is 8.55. The summed E-state index contributed by atoms with van der Waals surface area (Å²) in [5.41, 5.74) is 2.98. The molecule has 2 aliphatic rings. The number of rotatable bonds is 4. The number of aryl methyl sites for hydroxylation is 1. The lowest BCUT2D eigenvalue weighted by atomic mass is 9.91. The highest BCUT2D eigenvalue weighted by Crippen LogP contribution is 2.31. The Bertz CT molecular complexity index is 835. The monoisotopic (exact) mass is 343 g/mol. The number of fused-ring (bicyclic) bond motifs is 1. The predicted molar refractivity (Wildman–Crippen MR) is 93.6 cm³/mol. The number of nitrogens with one attached hydrogen (secondary N) is 1. The Kier molecular flexibility index (Phi) is 4.00. The number of hydrogen-bond donors (Lipinski definition) is 1. The smallest absolute Gasteiger partial charge is 0.270 e. The molecule has 4 rings (SSSR count). The van der Waals surface area contributed by atoms with Gasteiger partial charge in [-0.05, 0) is 50.5 Å². The van der Waals surface area contributed by atoms with Gasteiger partial charge in [0.2, 0.25) is 0 Å². The number of carbonyl (C=O) groups excluding carboxylic acids is 1. The van der Waals surface area contributed by atoms with Crippen molar-refractivity contribution in [2.45, 2.75) is 51.6 Å². The summed E-state index contributed by atoms with van der Waals surface area (Å²) in [6.07, 6.45) is 4.98. The zero-order valence-corrected chi connectivity index (χ0v) is 14.6. The van der Waals surface area contributed by atoms with Crippen molar-refractivity contribution in [3.63, 3.8) is 0 Å². The van der Waals surface area contributed by atoms with Crippen LogP contribution in [0.4, 0.5) is 0 Å². The second-order valence-corrected chi connectivity index (χ2v) is 7.92. The molecule has 2 aromatic rings. The van der Waals surface area contributed by atoms with Gasteiger partial charge >= 0.3 is 0 Å². The van der Waals surface area contributed by atoms with Crippen LogP contribution in [0.15, 0.2) is 22.3 Å².